The van der Waals surface area contributed by atoms with Crippen LogP contribution in [0.5, 0.6) is 0 Å². The molecule has 0 atom stereocenters. The highest BCUT2D eigenvalue weighted by Crippen LogP contribution is 2.28. The number of nitrogens with one attached hydrogen (secondary N) is 2. The van der Waals surface area contributed by atoms with Crippen LogP contribution in [0.4, 0.5) is 0 Å². The summed E-state index contributed by atoms with van der Waals surface area (Å²) < 4.78 is 1.47. The van der Waals surface area contributed by atoms with E-state index in [0.717, 1.165) is 17.0 Å². The van der Waals surface area contributed by atoms with E-state index in [9.17, 15) is 4.79 Å². The highest BCUT2D eigenvalue weighted by atomic mass is 35.5. The van der Waals surface area contributed by atoms with Gasteiger partial charge in [0.2, 0.25) is 0 Å². The van der Waals surface area contributed by atoms with Crippen molar-refractivity contribution in [1.82, 2.24) is 20.1 Å². The molecule has 1 aromatic carbocycles. The summed E-state index contributed by atoms with van der Waals surface area (Å²) in [4.78, 5) is 12.2. The van der Waals surface area contributed by atoms with Gasteiger partial charge in [-0.1, -0.05) is 31.5 Å². The van der Waals surface area contributed by atoms with E-state index in [0.29, 0.717) is 16.2 Å². The zero-order valence-electron chi connectivity index (χ0n) is 11.6. The van der Waals surface area contributed by atoms with Crippen LogP contribution in [0.25, 0.3) is 0 Å². The smallest absolute Gasteiger partial charge is 0.310 e. The van der Waals surface area contributed by atoms with Crippen LogP contribution in [0.15, 0.2) is 33.0 Å². The average Bonchev–Trinajstić information content (AvgIpc) is 2.69. The Labute approximate surface area is 126 Å². The number of hydrogen-bond donors (Lipinski definition) is 2. The van der Waals surface area contributed by atoms with Crippen LogP contribution in [-0.4, -0.2) is 20.8 Å². The van der Waals surface area contributed by atoms with Gasteiger partial charge in [0.25, 0.3) is 0 Å². The first-order valence-electron chi connectivity index (χ1n) is 6.28. The lowest BCUT2D eigenvalue weighted by Crippen LogP contribution is -2.21. The molecule has 0 aliphatic rings. The van der Waals surface area contributed by atoms with Crippen molar-refractivity contribution in [2.24, 2.45) is 7.05 Å². The fourth-order valence-electron chi connectivity index (χ4n) is 1.58. The summed E-state index contributed by atoms with van der Waals surface area (Å²) in [5.41, 5.74) is 0.831. The molecule has 5 nitrogen and oxygen atoms in total. The molecule has 0 aliphatic carbocycles. The van der Waals surface area contributed by atoms with Crippen LogP contribution in [0, 0.1) is 0 Å². The fraction of sp³-hybridized carbons (Fsp3) is 0.385. The van der Waals surface area contributed by atoms with Crippen LogP contribution < -0.4 is 11.0 Å². The monoisotopic (exact) mass is 312 g/mol. The third kappa shape index (κ3) is 3.65. The molecule has 0 aliphatic heterocycles. The molecule has 0 bridgehead atoms. The summed E-state index contributed by atoms with van der Waals surface area (Å²) in [5, 5.41) is 11.0. The molecule has 0 amide bonds. The Balaban J connectivity index is 2.13. The Bertz CT molecular complexity index is 650. The van der Waals surface area contributed by atoms with Gasteiger partial charge >= 0.3 is 5.69 Å². The fourth-order valence-corrected chi connectivity index (χ4v) is 2.73. The summed E-state index contributed by atoms with van der Waals surface area (Å²) >= 11 is 7.67. The Morgan fingerprint density at radius 1 is 1.50 bits per heavy atom. The van der Waals surface area contributed by atoms with E-state index < -0.39 is 0 Å². The molecule has 2 N–H and O–H groups in total. The van der Waals surface area contributed by atoms with E-state index in [1.807, 2.05) is 18.2 Å². The molecule has 0 saturated heterocycles. The number of H-pyrrole nitrogens is 1. The maximum Gasteiger partial charge on any atom is 0.343 e. The standard InChI is InChI=1S/C13H17ClN4OS/c1-8(2)15-7-9-4-5-10(6-11(9)14)20-13-17-16-12(19)18(13)3/h4-6,8,15H,7H2,1-3H3,(H,16,19). The molecule has 108 valence electrons. The van der Waals surface area contributed by atoms with Crippen molar-refractivity contribution in [3.8, 4) is 0 Å². The maximum atomic E-state index is 11.3. The summed E-state index contributed by atoms with van der Waals surface area (Å²) in [6.45, 7) is 4.93. The third-order valence-corrected chi connectivity index (χ3v) is 4.16. The molecule has 7 heteroatoms. The second-order valence-corrected chi connectivity index (χ2v) is 6.21. The van der Waals surface area contributed by atoms with Crippen molar-refractivity contribution in [3.63, 3.8) is 0 Å². The first-order valence-corrected chi connectivity index (χ1v) is 7.48. The number of rotatable bonds is 5. The van der Waals surface area contributed by atoms with Crippen LogP contribution >= 0.6 is 23.4 Å². The number of aromatic amines is 1. The predicted octanol–water partition coefficient (Wildman–Crippen LogP) is 2.41. The van der Waals surface area contributed by atoms with Crippen LogP contribution in [0.3, 0.4) is 0 Å². The minimum atomic E-state index is -0.226. The summed E-state index contributed by atoms with van der Waals surface area (Å²) in [6, 6.07) is 6.28. The molecular formula is C13H17ClN4OS. The summed E-state index contributed by atoms with van der Waals surface area (Å²) in [5.74, 6) is 0. The van der Waals surface area contributed by atoms with E-state index >= 15 is 0 Å². The SMILES string of the molecule is CC(C)NCc1ccc(Sc2n[nH]c(=O)n2C)cc1Cl. The molecule has 2 aromatic rings. The second-order valence-electron chi connectivity index (χ2n) is 4.76. The van der Waals surface area contributed by atoms with Crippen LogP contribution in [-0.2, 0) is 13.6 Å². The van der Waals surface area contributed by atoms with Crippen molar-refractivity contribution in [1.29, 1.82) is 0 Å². The normalized spacial score (nSPS) is 11.2. The summed E-state index contributed by atoms with van der Waals surface area (Å²) in [6.07, 6.45) is 0. The molecule has 0 unspecified atom stereocenters. The topological polar surface area (TPSA) is 62.7 Å². The molecule has 2 rings (SSSR count). The minimum Gasteiger partial charge on any atom is -0.310 e. The first-order chi connectivity index (χ1) is 9.47. The number of aromatic nitrogens is 3. The van der Waals surface area contributed by atoms with Crippen molar-refractivity contribution in [2.75, 3.05) is 0 Å². The van der Waals surface area contributed by atoms with E-state index in [1.165, 1.54) is 16.3 Å². The van der Waals surface area contributed by atoms with E-state index in [-0.39, 0.29) is 5.69 Å². The number of nitrogens with zero attached hydrogens (tertiary/aromatic N) is 2. The summed E-state index contributed by atoms with van der Waals surface area (Å²) in [7, 11) is 1.68. The lowest BCUT2D eigenvalue weighted by atomic mass is 10.2. The predicted molar refractivity (Wildman–Crippen MR) is 81.4 cm³/mol. The quantitative estimate of drug-likeness (QED) is 0.890. The van der Waals surface area contributed by atoms with Crippen molar-refractivity contribution in [3.05, 3.63) is 39.3 Å². The van der Waals surface area contributed by atoms with Gasteiger partial charge in [0.1, 0.15) is 0 Å². The highest BCUT2D eigenvalue weighted by Gasteiger charge is 2.08. The van der Waals surface area contributed by atoms with Crippen LogP contribution in [0.2, 0.25) is 5.02 Å². The van der Waals surface area contributed by atoms with Gasteiger partial charge in [-0.2, -0.15) is 0 Å². The zero-order chi connectivity index (χ0) is 14.7. The third-order valence-electron chi connectivity index (χ3n) is 2.77. The molecular weight excluding hydrogens is 296 g/mol. The Hall–Kier alpha value is -1.24. The van der Waals surface area contributed by atoms with Gasteiger partial charge in [-0.05, 0) is 29.5 Å². The Morgan fingerprint density at radius 3 is 2.80 bits per heavy atom. The van der Waals surface area contributed by atoms with Gasteiger partial charge in [0, 0.05) is 29.6 Å². The second kappa shape index (κ2) is 6.47. The number of halogens is 1. The minimum absolute atomic E-state index is 0.226. The Kier molecular flexibility index (Phi) is 4.91. The van der Waals surface area contributed by atoms with E-state index in [4.69, 9.17) is 11.6 Å². The molecule has 1 heterocycles. The molecule has 0 fully saturated rings. The van der Waals surface area contributed by atoms with E-state index in [1.54, 1.807) is 7.05 Å². The lowest BCUT2D eigenvalue weighted by molar-refractivity contribution is 0.589. The number of benzene rings is 1. The van der Waals surface area contributed by atoms with Gasteiger partial charge in [-0.15, -0.1) is 5.10 Å². The van der Waals surface area contributed by atoms with E-state index in [2.05, 4.69) is 29.4 Å². The van der Waals surface area contributed by atoms with Gasteiger partial charge < -0.3 is 5.32 Å². The zero-order valence-corrected chi connectivity index (χ0v) is 13.2. The van der Waals surface area contributed by atoms with Gasteiger partial charge in [0.15, 0.2) is 5.16 Å². The van der Waals surface area contributed by atoms with Crippen molar-refractivity contribution in [2.45, 2.75) is 36.5 Å². The van der Waals surface area contributed by atoms with Crippen LogP contribution in [0.1, 0.15) is 19.4 Å². The lowest BCUT2D eigenvalue weighted by Gasteiger charge is -2.10. The number of hydrogen-bond acceptors (Lipinski definition) is 4. The molecule has 1 aromatic heterocycles. The average molecular weight is 313 g/mol. The first kappa shape index (κ1) is 15.2. The van der Waals surface area contributed by atoms with Gasteiger partial charge in [-0.3, -0.25) is 4.57 Å². The maximum absolute atomic E-state index is 11.3. The highest BCUT2D eigenvalue weighted by molar-refractivity contribution is 7.99. The van der Waals surface area contributed by atoms with Crippen molar-refractivity contribution < 1.29 is 0 Å². The van der Waals surface area contributed by atoms with Gasteiger partial charge in [0.05, 0.1) is 0 Å². The molecule has 0 spiro atoms. The van der Waals surface area contributed by atoms with Crippen molar-refractivity contribution >= 4 is 23.4 Å². The van der Waals surface area contributed by atoms with Gasteiger partial charge in [-0.25, -0.2) is 9.89 Å². The molecule has 0 radical (unpaired) electrons. The molecule has 20 heavy (non-hydrogen) atoms. The largest absolute Gasteiger partial charge is 0.343 e. The molecule has 0 saturated carbocycles. The Morgan fingerprint density at radius 2 is 2.25 bits per heavy atom.